The number of hydrogen-bond acceptors (Lipinski definition) is 8. The summed E-state index contributed by atoms with van der Waals surface area (Å²) in [4.78, 5) is 54.9. The fourth-order valence-corrected chi connectivity index (χ4v) is 4.66. The van der Waals surface area contributed by atoms with Crippen LogP contribution in [0.25, 0.3) is 11.1 Å². The molecule has 0 saturated heterocycles. The summed E-state index contributed by atoms with van der Waals surface area (Å²) in [5, 5.41) is 21.0. The van der Waals surface area contributed by atoms with E-state index < -0.39 is 48.5 Å². The van der Waals surface area contributed by atoms with Crippen molar-refractivity contribution in [2.24, 2.45) is 11.5 Å². The highest BCUT2D eigenvalue weighted by molar-refractivity contribution is 5.93. The van der Waals surface area contributed by atoms with E-state index in [4.69, 9.17) is 11.5 Å². The Hall–Kier alpha value is -4.65. The van der Waals surface area contributed by atoms with E-state index >= 15 is 0 Å². The molecule has 240 valence electrons. The molecule has 3 rings (SSSR count). The zero-order chi connectivity index (χ0) is 32.6. The van der Waals surface area contributed by atoms with E-state index in [9.17, 15) is 24.3 Å². The standard InChI is InChI=1S/C33H43N7O5/c1-22(41)30(33(45)39-28(31(35)43)18-23-8-3-2-4-9-23)40-29(42)21-38-32(44)27(11-5-6-16-34)37-19-24-12-14-25(15-13-24)26-10-7-17-36-20-26/h2-4,7-10,12-15,17,20,22,27-28,30,37,41H,5-6,11,16,18-19,21,34H2,1H3,(H2,35,43)(H,38,44)(H,39,45)(H,40,42)/t22-,27+,28-,30+/m1/s1. The number of carbonyl (C=O) groups excluding carboxylic acids is 4. The maximum absolute atomic E-state index is 13.1. The smallest absolute Gasteiger partial charge is 0.245 e. The van der Waals surface area contributed by atoms with Crippen molar-refractivity contribution in [3.05, 3.63) is 90.3 Å². The summed E-state index contributed by atoms with van der Waals surface area (Å²) < 4.78 is 0. The van der Waals surface area contributed by atoms with Crippen LogP contribution in [-0.2, 0) is 32.1 Å². The van der Waals surface area contributed by atoms with Crippen LogP contribution < -0.4 is 32.7 Å². The lowest BCUT2D eigenvalue weighted by molar-refractivity contribution is -0.134. The monoisotopic (exact) mass is 617 g/mol. The number of hydrogen-bond donors (Lipinski definition) is 7. The molecule has 0 aliphatic heterocycles. The molecule has 9 N–H and O–H groups in total. The van der Waals surface area contributed by atoms with Crippen LogP contribution >= 0.6 is 0 Å². The molecule has 4 atom stereocenters. The van der Waals surface area contributed by atoms with E-state index in [0.717, 1.165) is 28.7 Å². The third-order valence-corrected chi connectivity index (χ3v) is 7.21. The summed E-state index contributed by atoms with van der Waals surface area (Å²) >= 11 is 0. The minimum atomic E-state index is -1.37. The van der Waals surface area contributed by atoms with Crippen molar-refractivity contribution in [2.45, 2.75) is 63.4 Å². The normalized spacial score (nSPS) is 13.6. The van der Waals surface area contributed by atoms with Crippen LogP contribution in [0.5, 0.6) is 0 Å². The van der Waals surface area contributed by atoms with Crippen molar-refractivity contribution in [2.75, 3.05) is 13.1 Å². The second kappa shape index (κ2) is 18.2. The van der Waals surface area contributed by atoms with Gasteiger partial charge in [-0.3, -0.25) is 24.2 Å². The van der Waals surface area contributed by atoms with Crippen molar-refractivity contribution < 1.29 is 24.3 Å². The molecule has 12 nitrogen and oxygen atoms in total. The molecule has 0 aliphatic rings. The Balaban J connectivity index is 1.55. The first-order valence-electron chi connectivity index (χ1n) is 15.0. The topological polar surface area (TPSA) is 202 Å². The van der Waals surface area contributed by atoms with Crippen molar-refractivity contribution in [1.29, 1.82) is 0 Å². The Morgan fingerprint density at radius 3 is 2.20 bits per heavy atom. The van der Waals surface area contributed by atoms with E-state index in [1.165, 1.54) is 6.92 Å². The van der Waals surface area contributed by atoms with Gasteiger partial charge in [-0.1, -0.05) is 67.1 Å². The maximum Gasteiger partial charge on any atom is 0.245 e. The summed E-state index contributed by atoms with van der Waals surface area (Å²) in [6, 6.07) is 17.8. The van der Waals surface area contributed by atoms with E-state index in [-0.39, 0.29) is 12.3 Å². The molecule has 0 aliphatic carbocycles. The second-order valence-electron chi connectivity index (χ2n) is 10.8. The molecule has 0 unspecified atom stereocenters. The molecule has 0 saturated carbocycles. The number of aliphatic hydroxyl groups excluding tert-OH is 1. The number of carbonyl (C=O) groups is 4. The van der Waals surface area contributed by atoms with Crippen molar-refractivity contribution >= 4 is 23.6 Å². The second-order valence-corrected chi connectivity index (χ2v) is 10.8. The van der Waals surface area contributed by atoms with Gasteiger partial charge in [0, 0.05) is 25.4 Å². The van der Waals surface area contributed by atoms with E-state index in [0.29, 0.717) is 25.9 Å². The van der Waals surface area contributed by atoms with Gasteiger partial charge in [-0.2, -0.15) is 0 Å². The third kappa shape index (κ3) is 11.8. The van der Waals surface area contributed by atoms with Gasteiger partial charge in [-0.25, -0.2) is 0 Å². The molecule has 0 fully saturated rings. The van der Waals surface area contributed by atoms with Crippen LogP contribution in [-0.4, -0.2) is 71.0 Å². The Bertz CT molecular complexity index is 1370. The van der Waals surface area contributed by atoms with Gasteiger partial charge in [0.1, 0.15) is 12.1 Å². The lowest BCUT2D eigenvalue weighted by atomic mass is 10.0. The number of nitrogens with one attached hydrogen (secondary N) is 4. The Labute approximate surface area is 263 Å². The number of amides is 4. The number of aliphatic hydroxyl groups is 1. The summed E-state index contributed by atoms with van der Waals surface area (Å²) in [5.74, 6) is -2.60. The summed E-state index contributed by atoms with van der Waals surface area (Å²) in [7, 11) is 0. The number of primary amides is 1. The van der Waals surface area contributed by atoms with Crippen LogP contribution in [0.2, 0.25) is 0 Å². The molecule has 0 radical (unpaired) electrons. The highest BCUT2D eigenvalue weighted by atomic mass is 16.3. The molecule has 4 amide bonds. The predicted octanol–water partition coefficient (Wildman–Crippen LogP) is 0.530. The van der Waals surface area contributed by atoms with Crippen molar-refractivity contribution in [3.63, 3.8) is 0 Å². The molecule has 2 aromatic carbocycles. The number of nitrogens with zero attached hydrogens (tertiary/aromatic N) is 1. The van der Waals surface area contributed by atoms with Gasteiger partial charge < -0.3 is 37.8 Å². The van der Waals surface area contributed by atoms with Crippen LogP contribution in [0.3, 0.4) is 0 Å². The summed E-state index contributed by atoms with van der Waals surface area (Å²) in [5.41, 5.74) is 14.9. The first kappa shape index (κ1) is 34.8. The zero-order valence-electron chi connectivity index (χ0n) is 25.4. The van der Waals surface area contributed by atoms with Crippen molar-refractivity contribution in [1.82, 2.24) is 26.3 Å². The Morgan fingerprint density at radius 1 is 0.844 bits per heavy atom. The first-order chi connectivity index (χ1) is 21.7. The van der Waals surface area contributed by atoms with E-state index in [1.807, 2.05) is 42.5 Å². The van der Waals surface area contributed by atoms with E-state index in [2.05, 4.69) is 26.3 Å². The lowest BCUT2D eigenvalue weighted by Gasteiger charge is -2.24. The molecule has 45 heavy (non-hydrogen) atoms. The highest BCUT2D eigenvalue weighted by Gasteiger charge is 2.29. The number of benzene rings is 2. The molecule has 12 heteroatoms. The summed E-state index contributed by atoms with van der Waals surface area (Å²) in [6.07, 6.45) is 4.33. The number of nitrogens with two attached hydrogens (primary N) is 2. The third-order valence-electron chi connectivity index (χ3n) is 7.21. The maximum atomic E-state index is 13.1. The number of aromatic nitrogens is 1. The molecule has 1 aromatic heterocycles. The van der Waals surface area contributed by atoms with Crippen LogP contribution in [0, 0.1) is 0 Å². The lowest BCUT2D eigenvalue weighted by Crippen LogP contribution is -2.58. The van der Waals surface area contributed by atoms with Crippen LogP contribution in [0.4, 0.5) is 0 Å². The fraction of sp³-hybridized carbons (Fsp3) is 0.364. The van der Waals surface area contributed by atoms with Gasteiger partial charge in [0.2, 0.25) is 23.6 Å². The molecular formula is C33H43N7O5. The van der Waals surface area contributed by atoms with Gasteiger partial charge in [-0.05, 0) is 54.6 Å². The molecule has 0 bridgehead atoms. The van der Waals surface area contributed by atoms with Gasteiger partial charge in [0.25, 0.3) is 0 Å². The first-order valence-corrected chi connectivity index (χ1v) is 15.0. The fourth-order valence-electron chi connectivity index (χ4n) is 4.66. The average molecular weight is 618 g/mol. The molecule has 3 aromatic rings. The Morgan fingerprint density at radius 2 is 1.58 bits per heavy atom. The number of unbranched alkanes of at least 4 members (excludes halogenated alkanes) is 1. The molecule has 1 heterocycles. The van der Waals surface area contributed by atoms with Crippen molar-refractivity contribution in [3.8, 4) is 11.1 Å². The minimum Gasteiger partial charge on any atom is -0.391 e. The zero-order valence-corrected chi connectivity index (χ0v) is 25.4. The Kier molecular flexibility index (Phi) is 14.1. The number of pyridine rings is 1. The quantitative estimate of drug-likeness (QED) is 0.100. The van der Waals surface area contributed by atoms with Gasteiger partial charge in [0.15, 0.2) is 0 Å². The molecule has 0 spiro atoms. The number of rotatable bonds is 18. The van der Waals surface area contributed by atoms with Crippen LogP contribution in [0.1, 0.15) is 37.3 Å². The van der Waals surface area contributed by atoms with Gasteiger partial charge >= 0.3 is 0 Å². The molecular weight excluding hydrogens is 574 g/mol. The highest BCUT2D eigenvalue weighted by Crippen LogP contribution is 2.18. The minimum absolute atomic E-state index is 0.144. The average Bonchev–Trinajstić information content (AvgIpc) is 3.04. The predicted molar refractivity (Wildman–Crippen MR) is 171 cm³/mol. The largest absolute Gasteiger partial charge is 0.391 e. The van der Waals surface area contributed by atoms with Gasteiger partial charge in [0.05, 0.1) is 18.7 Å². The van der Waals surface area contributed by atoms with Crippen LogP contribution in [0.15, 0.2) is 79.1 Å². The van der Waals surface area contributed by atoms with E-state index in [1.54, 1.807) is 36.7 Å². The summed E-state index contributed by atoms with van der Waals surface area (Å²) in [6.45, 7) is 1.83. The SMILES string of the molecule is C[C@@H](O)[C@H](NC(=O)CNC(=O)[C@H](CCCCN)NCc1ccc(-c2cccnc2)cc1)C(=O)N[C@H](Cc1ccccc1)C(N)=O. The van der Waals surface area contributed by atoms with Gasteiger partial charge in [-0.15, -0.1) is 0 Å².